The van der Waals surface area contributed by atoms with Crippen LogP contribution in [-0.4, -0.2) is 24.2 Å². The first-order valence-electron chi connectivity index (χ1n) is 5.94. The van der Waals surface area contributed by atoms with E-state index < -0.39 is 17.8 Å². The van der Waals surface area contributed by atoms with Gasteiger partial charge in [0, 0.05) is 11.6 Å². The van der Waals surface area contributed by atoms with E-state index >= 15 is 0 Å². The van der Waals surface area contributed by atoms with E-state index in [2.05, 4.69) is 5.32 Å². The topological polar surface area (TPSA) is 58.6 Å². The van der Waals surface area contributed by atoms with Crippen LogP contribution in [0.15, 0.2) is 18.2 Å². The molecule has 0 spiro atoms. The van der Waals surface area contributed by atoms with E-state index in [1.807, 2.05) is 0 Å². The van der Waals surface area contributed by atoms with E-state index in [0.717, 1.165) is 12.8 Å². The van der Waals surface area contributed by atoms with Gasteiger partial charge in [-0.15, -0.1) is 0 Å². The predicted octanol–water partition coefficient (Wildman–Crippen LogP) is 2.10. The molecule has 1 aliphatic heterocycles. The molecule has 2 N–H and O–H groups in total. The summed E-state index contributed by atoms with van der Waals surface area (Å²) in [7, 11) is 1.41. The molecule has 2 unspecified atom stereocenters. The number of carboxylic acids is 1. The molecule has 1 aromatic rings. The minimum absolute atomic E-state index is 0.187. The van der Waals surface area contributed by atoms with Crippen LogP contribution < -0.4 is 10.1 Å². The van der Waals surface area contributed by atoms with Crippen LogP contribution in [0, 0.1) is 5.82 Å². The van der Waals surface area contributed by atoms with Crippen molar-refractivity contribution in [2.75, 3.05) is 7.11 Å². The Morgan fingerprint density at radius 1 is 1.50 bits per heavy atom. The molecule has 98 valence electrons. The Morgan fingerprint density at radius 3 is 2.94 bits per heavy atom. The highest BCUT2D eigenvalue weighted by molar-refractivity contribution is 5.73. The number of carbonyl (C=O) groups is 1. The van der Waals surface area contributed by atoms with Crippen molar-refractivity contribution in [1.29, 1.82) is 0 Å². The highest BCUT2D eigenvalue weighted by Gasteiger charge is 2.28. The van der Waals surface area contributed by atoms with E-state index in [1.165, 1.54) is 7.11 Å². The Bertz CT molecular complexity index is 450. The normalized spacial score (nSPS) is 23.7. The number of hydrogen-bond acceptors (Lipinski definition) is 3. The first-order chi connectivity index (χ1) is 8.63. The molecular formula is C13H16FNO3. The van der Waals surface area contributed by atoms with E-state index in [9.17, 15) is 9.18 Å². The summed E-state index contributed by atoms with van der Waals surface area (Å²) in [4.78, 5) is 11.0. The second kappa shape index (κ2) is 5.35. The zero-order valence-electron chi connectivity index (χ0n) is 10.1. The van der Waals surface area contributed by atoms with E-state index in [-0.39, 0.29) is 11.8 Å². The fraction of sp³-hybridized carbons (Fsp3) is 0.462. The van der Waals surface area contributed by atoms with Crippen molar-refractivity contribution in [1.82, 2.24) is 5.32 Å². The Kier molecular flexibility index (Phi) is 3.81. The molecule has 18 heavy (non-hydrogen) atoms. The van der Waals surface area contributed by atoms with Gasteiger partial charge in [0.25, 0.3) is 0 Å². The Labute approximate surface area is 105 Å². The SMILES string of the molecule is COc1cccc(C2CCCC(C(=O)O)N2)c1F. The van der Waals surface area contributed by atoms with Crippen LogP contribution in [0.2, 0.25) is 0 Å². The molecule has 5 heteroatoms. The van der Waals surface area contributed by atoms with Crippen LogP contribution in [0.4, 0.5) is 4.39 Å². The Morgan fingerprint density at radius 2 is 2.28 bits per heavy atom. The first kappa shape index (κ1) is 12.8. The van der Waals surface area contributed by atoms with E-state index in [0.29, 0.717) is 12.0 Å². The molecular weight excluding hydrogens is 237 g/mol. The van der Waals surface area contributed by atoms with Gasteiger partial charge < -0.3 is 9.84 Å². The number of carboxylic acid groups (broad SMARTS) is 1. The number of aliphatic carboxylic acids is 1. The average Bonchev–Trinajstić information content (AvgIpc) is 2.39. The number of piperidine rings is 1. The molecule has 1 aliphatic rings. The standard InChI is InChI=1S/C13H16FNO3/c1-18-11-7-2-4-8(12(11)14)9-5-3-6-10(15-9)13(16)17/h2,4,7,9-10,15H,3,5-6H2,1H3,(H,16,17). The summed E-state index contributed by atoms with van der Waals surface area (Å²) >= 11 is 0. The minimum atomic E-state index is -0.886. The molecule has 0 bridgehead atoms. The molecule has 1 aromatic carbocycles. The highest BCUT2D eigenvalue weighted by atomic mass is 19.1. The third-order valence-electron chi connectivity index (χ3n) is 3.27. The summed E-state index contributed by atoms with van der Waals surface area (Å²) in [5.41, 5.74) is 0.473. The van der Waals surface area contributed by atoms with Gasteiger partial charge in [-0.05, 0) is 25.3 Å². The smallest absolute Gasteiger partial charge is 0.320 e. The largest absolute Gasteiger partial charge is 0.494 e. The zero-order valence-corrected chi connectivity index (χ0v) is 10.1. The van der Waals surface area contributed by atoms with Gasteiger partial charge in [-0.1, -0.05) is 12.1 Å². The molecule has 4 nitrogen and oxygen atoms in total. The maximum Gasteiger partial charge on any atom is 0.320 e. The van der Waals surface area contributed by atoms with Crippen molar-refractivity contribution >= 4 is 5.97 Å². The second-order valence-electron chi connectivity index (χ2n) is 4.40. The lowest BCUT2D eigenvalue weighted by atomic mass is 9.93. The molecule has 0 amide bonds. The maximum absolute atomic E-state index is 14.1. The van der Waals surface area contributed by atoms with Gasteiger partial charge in [-0.2, -0.15) is 0 Å². The molecule has 0 aromatic heterocycles. The van der Waals surface area contributed by atoms with E-state index in [1.54, 1.807) is 18.2 Å². The fourth-order valence-corrected chi connectivity index (χ4v) is 2.33. The van der Waals surface area contributed by atoms with Crippen LogP contribution in [0.5, 0.6) is 5.75 Å². The third kappa shape index (κ3) is 2.46. The molecule has 0 radical (unpaired) electrons. The summed E-state index contributed by atoms with van der Waals surface area (Å²) < 4.78 is 19.0. The summed E-state index contributed by atoms with van der Waals surface area (Å²) in [6, 6.07) is 4.06. The summed E-state index contributed by atoms with van der Waals surface area (Å²) in [5.74, 6) is -1.11. The summed E-state index contributed by atoms with van der Waals surface area (Å²) in [6.07, 6.45) is 2.08. The van der Waals surface area contributed by atoms with Crippen molar-refractivity contribution in [2.45, 2.75) is 31.3 Å². The van der Waals surface area contributed by atoms with Gasteiger partial charge in [0.15, 0.2) is 11.6 Å². The highest BCUT2D eigenvalue weighted by Crippen LogP contribution is 2.31. The molecule has 2 atom stereocenters. The molecule has 1 heterocycles. The van der Waals surface area contributed by atoms with Crippen molar-refractivity contribution < 1.29 is 19.0 Å². The van der Waals surface area contributed by atoms with Crippen LogP contribution >= 0.6 is 0 Å². The lowest BCUT2D eigenvalue weighted by Crippen LogP contribution is -2.42. The predicted molar refractivity (Wildman–Crippen MR) is 64.1 cm³/mol. The van der Waals surface area contributed by atoms with Gasteiger partial charge in [0.05, 0.1) is 7.11 Å². The summed E-state index contributed by atoms with van der Waals surface area (Å²) in [5, 5.41) is 12.0. The lowest BCUT2D eigenvalue weighted by Gasteiger charge is -2.29. The number of hydrogen-bond donors (Lipinski definition) is 2. The van der Waals surface area contributed by atoms with Gasteiger partial charge in [-0.25, -0.2) is 4.39 Å². The van der Waals surface area contributed by atoms with Gasteiger partial charge in [0.1, 0.15) is 6.04 Å². The van der Waals surface area contributed by atoms with Crippen LogP contribution in [-0.2, 0) is 4.79 Å². The lowest BCUT2D eigenvalue weighted by molar-refractivity contribution is -0.140. The van der Waals surface area contributed by atoms with Gasteiger partial charge >= 0.3 is 5.97 Å². The van der Waals surface area contributed by atoms with Crippen molar-refractivity contribution in [2.24, 2.45) is 0 Å². The van der Waals surface area contributed by atoms with Gasteiger partial charge in [0.2, 0.25) is 0 Å². The zero-order chi connectivity index (χ0) is 13.1. The molecule has 1 fully saturated rings. The quantitative estimate of drug-likeness (QED) is 0.866. The number of methoxy groups -OCH3 is 1. The average molecular weight is 253 g/mol. The number of ether oxygens (including phenoxy) is 1. The van der Waals surface area contributed by atoms with Crippen molar-refractivity contribution in [3.63, 3.8) is 0 Å². The van der Waals surface area contributed by atoms with E-state index in [4.69, 9.17) is 9.84 Å². The molecule has 0 saturated carbocycles. The number of benzene rings is 1. The second-order valence-corrected chi connectivity index (χ2v) is 4.40. The van der Waals surface area contributed by atoms with Crippen LogP contribution in [0.25, 0.3) is 0 Å². The summed E-state index contributed by atoms with van der Waals surface area (Å²) in [6.45, 7) is 0. The first-order valence-corrected chi connectivity index (χ1v) is 5.94. The Hall–Kier alpha value is -1.62. The number of halogens is 1. The molecule has 1 saturated heterocycles. The monoisotopic (exact) mass is 253 g/mol. The Balaban J connectivity index is 2.23. The molecule has 2 rings (SSSR count). The van der Waals surface area contributed by atoms with Crippen LogP contribution in [0.3, 0.4) is 0 Å². The number of nitrogens with one attached hydrogen (secondary N) is 1. The van der Waals surface area contributed by atoms with Crippen molar-refractivity contribution in [3.05, 3.63) is 29.6 Å². The van der Waals surface area contributed by atoms with Crippen molar-refractivity contribution in [3.8, 4) is 5.75 Å². The third-order valence-corrected chi connectivity index (χ3v) is 3.27. The molecule has 0 aliphatic carbocycles. The fourth-order valence-electron chi connectivity index (χ4n) is 2.33. The van der Waals surface area contributed by atoms with Gasteiger partial charge in [-0.3, -0.25) is 10.1 Å². The minimum Gasteiger partial charge on any atom is -0.494 e. The van der Waals surface area contributed by atoms with Crippen LogP contribution in [0.1, 0.15) is 30.9 Å². The maximum atomic E-state index is 14.1. The number of rotatable bonds is 3.